The molecule has 24 heavy (non-hydrogen) atoms. The van der Waals surface area contributed by atoms with Gasteiger partial charge in [-0.25, -0.2) is 9.82 Å². The number of aromatic amines is 1. The van der Waals surface area contributed by atoms with Gasteiger partial charge in [-0.1, -0.05) is 29.8 Å². The Hall–Kier alpha value is -3.28. The lowest BCUT2D eigenvalue weighted by molar-refractivity contribution is 0.0955. The standard InChI is InChI=1S/C18H15FN4O/c1-12-2-4-14(5-3-12)18(24)23-21-11-17-16(10-20-22-17)13-6-8-15(19)9-7-13/h2-11H,1H3,(H,20,22)(H,23,24). The van der Waals surface area contributed by atoms with E-state index in [2.05, 4.69) is 20.7 Å². The molecule has 0 aliphatic carbocycles. The van der Waals surface area contributed by atoms with Gasteiger partial charge in [0.25, 0.3) is 5.91 Å². The summed E-state index contributed by atoms with van der Waals surface area (Å²) in [6, 6.07) is 13.3. The Labute approximate surface area is 138 Å². The lowest BCUT2D eigenvalue weighted by Gasteiger charge is -2.01. The monoisotopic (exact) mass is 322 g/mol. The van der Waals surface area contributed by atoms with E-state index in [1.165, 1.54) is 18.3 Å². The second-order valence-electron chi connectivity index (χ2n) is 5.27. The van der Waals surface area contributed by atoms with Crippen molar-refractivity contribution in [1.82, 2.24) is 15.6 Å². The van der Waals surface area contributed by atoms with E-state index in [0.717, 1.165) is 16.7 Å². The number of benzene rings is 2. The molecule has 0 spiro atoms. The van der Waals surface area contributed by atoms with Crippen molar-refractivity contribution in [1.29, 1.82) is 0 Å². The maximum absolute atomic E-state index is 13.0. The zero-order valence-corrected chi connectivity index (χ0v) is 13.0. The molecule has 0 fully saturated rings. The Kier molecular flexibility index (Phi) is 4.47. The minimum absolute atomic E-state index is 0.297. The van der Waals surface area contributed by atoms with E-state index in [-0.39, 0.29) is 11.7 Å². The fraction of sp³-hybridized carbons (Fsp3) is 0.0556. The highest BCUT2D eigenvalue weighted by Crippen LogP contribution is 2.21. The van der Waals surface area contributed by atoms with Gasteiger partial charge in [0.05, 0.1) is 18.1 Å². The molecule has 0 saturated heterocycles. The van der Waals surface area contributed by atoms with E-state index in [0.29, 0.717) is 11.3 Å². The number of halogens is 1. The summed E-state index contributed by atoms with van der Waals surface area (Å²) in [5.41, 5.74) is 6.26. The van der Waals surface area contributed by atoms with Crippen LogP contribution in [0.25, 0.3) is 11.1 Å². The van der Waals surface area contributed by atoms with Gasteiger partial charge in [-0.15, -0.1) is 0 Å². The summed E-state index contributed by atoms with van der Waals surface area (Å²) < 4.78 is 13.0. The lowest BCUT2D eigenvalue weighted by atomic mass is 10.1. The van der Waals surface area contributed by atoms with Gasteiger partial charge in [-0.3, -0.25) is 9.89 Å². The highest BCUT2D eigenvalue weighted by atomic mass is 19.1. The van der Waals surface area contributed by atoms with Gasteiger partial charge in [0.2, 0.25) is 0 Å². The quantitative estimate of drug-likeness (QED) is 0.571. The van der Waals surface area contributed by atoms with Crippen LogP contribution in [0.2, 0.25) is 0 Å². The number of nitrogens with one attached hydrogen (secondary N) is 2. The third kappa shape index (κ3) is 3.55. The molecule has 2 N–H and O–H groups in total. The summed E-state index contributed by atoms with van der Waals surface area (Å²) in [5.74, 6) is -0.600. The molecule has 1 amide bonds. The highest BCUT2D eigenvalue weighted by molar-refractivity contribution is 5.95. The summed E-state index contributed by atoms with van der Waals surface area (Å²) in [6.45, 7) is 1.95. The molecular formula is C18H15FN4O. The predicted molar refractivity (Wildman–Crippen MR) is 90.2 cm³/mol. The summed E-state index contributed by atoms with van der Waals surface area (Å²) in [5, 5.41) is 10.7. The Morgan fingerprint density at radius 1 is 1.17 bits per heavy atom. The second-order valence-corrected chi connectivity index (χ2v) is 5.27. The molecule has 0 radical (unpaired) electrons. The van der Waals surface area contributed by atoms with Crippen LogP contribution < -0.4 is 5.43 Å². The number of nitrogens with zero attached hydrogens (tertiary/aromatic N) is 2. The molecule has 3 rings (SSSR count). The first-order chi connectivity index (χ1) is 11.6. The van der Waals surface area contributed by atoms with Crippen molar-refractivity contribution >= 4 is 12.1 Å². The predicted octanol–water partition coefficient (Wildman–Crippen LogP) is 3.29. The van der Waals surface area contributed by atoms with Gasteiger partial charge in [0.15, 0.2) is 0 Å². The van der Waals surface area contributed by atoms with Crippen molar-refractivity contribution in [2.24, 2.45) is 5.10 Å². The van der Waals surface area contributed by atoms with E-state index in [9.17, 15) is 9.18 Å². The number of carbonyl (C=O) groups is 1. The zero-order chi connectivity index (χ0) is 16.9. The highest BCUT2D eigenvalue weighted by Gasteiger charge is 2.07. The van der Waals surface area contributed by atoms with E-state index in [1.807, 2.05) is 19.1 Å². The topological polar surface area (TPSA) is 70.1 Å². The van der Waals surface area contributed by atoms with Crippen molar-refractivity contribution in [2.45, 2.75) is 6.92 Å². The number of hydrazone groups is 1. The van der Waals surface area contributed by atoms with Gasteiger partial charge in [-0.2, -0.15) is 10.2 Å². The SMILES string of the molecule is Cc1ccc(C(=O)NN=Cc2[nH]ncc2-c2ccc(F)cc2)cc1. The Morgan fingerprint density at radius 2 is 1.88 bits per heavy atom. The van der Waals surface area contributed by atoms with Crippen LogP contribution in [0.1, 0.15) is 21.6 Å². The number of H-pyrrole nitrogens is 1. The summed E-state index contributed by atoms with van der Waals surface area (Å²) in [6.07, 6.45) is 3.09. The lowest BCUT2D eigenvalue weighted by Crippen LogP contribution is -2.17. The van der Waals surface area contributed by atoms with Crippen molar-refractivity contribution in [3.8, 4) is 11.1 Å². The van der Waals surface area contributed by atoms with Crippen LogP contribution in [0.15, 0.2) is 59.8 Å². The molecule has 1 heterocycles. The zero-order valence-electron chi connectivity index (χ0n) is 13.0. The van der Waals surface area contributed by atoms with Crippen LogP contribution in [0.4, 0.5) is 4.39 Å². The Balaban J connectivity index is 1.71. The van der Waals surface area contributed by atoms with E-state index >= 15 is 0 Å². The largest absolute Gasteiger partial charge is 0.276 e. The number of carbonyl (C=O) groups excluding carboxylic acids is 1. The van der Waals surface area contributed by atoms with Gasteiger partial charge in [-0.05, 0) is 36.8 Å². The van der Waals surface area contributed by atoms with Crippen LogP contribution in [0.3, 0.4) is 0 Å². The van der Waals surface area contributed by atoms with Crippen molar-refractivity contribution in [2.75, 3.05) is 0 Å². The van der Waals surface area contributed by atoms with Gasteiger partial charge in [0, 0.05) is 11.1 Å². The molecule has 2 aromatic carbocycles. The van der Waals surface area contributed by atoms with Crippen molar-refractivity contribution < 1.29 is 9.18 Å². The fourth-order valence-electron chi connectivity index (χ4n) is 2.18. The molecular weight excluding hydrogens is 307 g/mol. The number of hydrogen-bond donors (Lipinski definition) is 2. The molecule has 0 bridgehead atoms. The molecule has 0 unspecified atom stereocenters. The molecule has 0 saturated carbocycles. The number of amides is 1. The first-order valence-electron chi connectivity index (χ1n) is 7.33. The molecule has 1 aromatic heterocycles. The Morgan fingerprint density at radius 3 is 2.58 bits per heavy atom. The number of aromatic nitrogens is 2. The number of hydrogen-bond acceptors (Lipinski definition) is 3. The molecule has 120 valence electrons. The molecule has 6 heteroatoms. The van der Waals surface area contributed by atoms with E-state index in [4.69, 9.17) is 0 Å². The second kappa shape index (κ2) is 6.87. The van der Waals surface area contributed by atoms with Crippen molar-refractivity contribution in [3.05, 3.63) is 77.4 Å². The summed E-state index contributed by atoms with van der Waals surface area (Å²) in [4.78, 5) is 12.0. The summed E-state index contributed by atoms with van der Waals surface area (Å²) >= 11 is 0. The molecule has 3 aromatic rings. The van der Waals surface area contributed by atoms with Gasteiger partial charge >= 0.3 is 0 Å². The average Bonchev–Trinajstić information content (AvgIpc) is 3.04. The summed E-state index contributed by atoms with van der Waals surface area (Å²) in [7, 11) is 0. The minimum atomic E-state index is -0.303. The third-order valence-corrected chi connectivity index (χ3v) is 3.50. The number of aryl methyl sites for hydroxylation is 1. The van der Waals surface area contributed by atoms with E-state index < -0.39 is 0 Å². The number of rotatable bonds is 4. The van der Waals surface area contributed by atoms with Crippen LogP contribution in [0, 0.1) is 12.7 Å². The average molecular weight is 322 g/mol. The van der Waals surface area contributed by atoms with Crippen LogP contribution in [-0.2, 0) is 0 Å². The first-order valence-corrected chi connectivity index (χ1v) is 7.33. The fourth-order valence-corrected chi connectivity index (χ4v) is 2.18. The third-order valence-electron chi connectivity index (χ3n) is 3.50. The van der Waals surface area contributed by atoms with Crippen LogP contribution in [0.5, 0.6) is 0 Å². The molecule has 0 atom stereocenters. The minimum Gasteiger partial charge on any atom is -0.276 e. The molecule has 5 nitrogen and oxygen atoms in total. The maximum atomic E-state index is 13.0. The van der Waals surface area contributed by atoms with Crippen molar-refractivity contribution in [3.63, 3.8) is 0 Å². The smallest absolute Gasteiger partial charge is 0.271 e. The first kappa shape index (κ1) is 15.6. The van der Waals surface area contributed by atoms with E-state index in [1.54, 1.807) is 30.5 Å². The van der Waals surface area contributed by atoms with Crippen LogP contribution >= 0.6 is 0 Å². The van der Waals surface area contributed by atoms with Crippen LogP contribution in [-0.4, -0.2) is 22.3 Å². The van der Waals surface area contributed by atoms with Gasteiger partial charge < -0.3 is 0 Å². The molecule has 0 aliphatic heterocycles. The normalized spacial score (nSPS) is 10.9. The van der Waals surface area contributed by atoms with Gasteiger partial charge in [0.1, 0.15) is 5.82 Å². The molecule has 0 aliphatic rings. The Bertz CT molecular complexity index is 867. The maximum Gasteiger partial charge on any atom is 0.271 e.